The van der Waals surface area contributed by atoms with E-state index in [1.165, 1.54) is 12.8 Å². The Morgan fingerprint density at radius 1 is 1.00 bits per heavy atom. The molecule has 0 bridgehead atoms. The van der Waals surface area contributed by atoms with Gasteiger partial charge in [0.2, 0.25) is 0 Å². The van der Waals surface area contributed by atoms with Crippen LogP contribution in [0.3, 0.4) is 0 Å². The Kier molecular flexibility index (Phi) is 4.23. The highest BCUT2D eigenvalue weighted by atomic mass is 16.6. The second-order valence-electron chi connectivity index (χ2n) is 9.88. The molecular formula is C21H35NO3. The van der Waals surface area contributed by atoms with E-state index in [1.807, 2.05) is 6.21 Å². The molecule has 0 aromatic heterocycles. The number of oxime groups is 1. The third-order valence-corrected chi connectivity index (χ3v) is 9.24. The van der Waals surface area contributed by atoms with Gasteiger partial charge in [-0.25, -0.2) is 0 Å². The van der Waals surface area contributed by atoms with E-state index in [-0.39, 0.29) is 11.5 Å². The lowest BCUT2D eigenvalue weighted by atomic mass is 9.43. The number of nitrogens with zero attached hydrogens (tertiary/aromatic N) is 1. The van der Waals surface area contributed by atoms with Crippen LogP contribution in [-0.2, 0) is 4.84 Å². The normalized spacial score (nSPS) is 55.5. The summed E-state index contributed by atoms with van der Waals surface area (Å²) in [6.07, 6.45) is 11.4. The van der Waals surface area contributed by atoms with Crippen LogP contribution in [0.4, 0.5) is 0 Å². The molecule has 4 aliphatic rings. The summed E-state index contributed by atoms with van der Waals surface area (Å²) < 4.78 is 0. The first kappa shape index (κ1) is 17.8. The van der Waals surface area contributed by atoms with Gasteiger partial charge in [0.1, 0.15) is 7.11 Å². The van der Waals surface area contributed by atoms with Gasteiger partial charge < -0.3 is 15.1 Å². The molecule has 0 aromatic carbocycles. The SMILES string of the molecule is CO/N=C/[C@H]1CC[C@]2(O)[C@@H]3CC[C@@H]4C[C@@H](O)CC[C@]4(C)[C@H]3CC[C@]12C. The van der Waals surface area contributed by atoms with E-state index in [2.05, 4.69) is 19.0 Å². The third kappa shape index (κ3) is 2.36. The number of hydrogen-bond acceptors (Lipinski definition) is 4. The van der Waals surface area contributed by atoms with Gasteiger partial charge in [0.05, 0.1) is 11.7 Å². The zero-order chi connectivity index (χ0) is 17.9. The Hall–Kier alpha value is -0.610. The van der Waals surface area contributed by atoms with Crippen LogP contribution >= 0.6 is 0 Å². The minimum Gasteiger partial charge on any atom is -0.399 e. The standard InChI is InChI=1S/C21H35NO3/c1-19-9-7-16(23)12-14(19)4-5-18-17(19)8-10-20(2)15(13-22-25-3)6-11-21(18,20)24/h13-18,23-24H,4-12H2,1-3H3/b22-13+/t14-,15-,16+,17+,18-,19+,20-,21+/m1/s1. The van der Waals surface area contributed by atoms with Crippen LogP contribution < -0.4 is 0 Å². The van der Waals surface area contributed by atoms with E-state index in [0.717, 1.165) is 44.9 Å². The van der Waals surface area contributed by atoms with E-state index in [9.17, 15) is 10.2 Å². The van der Waals surface area contributed by atoms with Gasteiger partial charge in [0.15, 0.2) is 0 Å². The van der Waals surface area contributed by atoms with E-state index in [0.29, 0.717) is 29.1 Å². The minimum absolute atomic E-state index is 0.0758. The van der Waals surface area contributed by atoms with Crippen molar-refractivity contribution in [2.45, 2.75) is 83.3 Å². The Labute approximate surface area is 152 Å². The summed E-state index contributed by atoms with van der Waals surface area (Å²) >= 11 is 0. The number of aliphatic hydroxyl groups is 2. The molecular weight excluding hydrogens is 314 g/mol. The average Bonchev–Trinajstić information content (AvgIpc) is 2.85. The predicted molar refractivity (Wildman–Crippen MR) is 98.2 cm³/mol. The molecule has 0 spiro atoms. The maximum absolute atomic E-state index is 11.9. The fraction of sp³-hybridized carbons (Fsp3) is 0.952. The number of fused-ring (bicyclic) bond motifs is 5. The second-order valence-corrected chi connectivity index (χ2v) is 9.88. The molecule has 4 aliphatic carbocycles. The number of hydrogen-bond donors (Lipinski definition) is 2. The highest BCUT2D eigenvalue weighted by Gasteiger charge is 2.66. The van der Waals surface area contributed by atoms with Crippen molar-refractivity contribution in [1.29, 1.82) is 0 Å². The lowest BCUT2D eigenvalue weighted by Crippen LogP contribution is -2.62. The Bertz CT molecular complexity index is 551. The molecule has 4 nitrogen and oxygen atoms in total. The molecule has 0 radical (unpaired) electrons. The summed E-state index contributed by atoms with van der Waals surface area (Å²) in [5.74, 6) is 1.97. The highest BCUT2D eigenvalue weighted by molar-refractivity contribution is 5.62. The Morgan fingerprint density at radius 2 is 1.80 bits per heavy atom. The molecule has 0 heterocycles. The molecule has 8 atom stereocenters. The zero-order valence-electron chi connectivity index (χ0n) is 16.1. The van der Waals surface area contributed by atoms with Gasteiger partial charge in [-0.1, -0.05) is 19.0 Å². The molecule has 25 heavy (non-hydrogen) atoms. The molecule has 4 heteroatoms. The summed E-state index contributed by atoms with van der Waals surface area (Å²) in [4.78, 5) is 4.93. The van der Waals surface area contributed by atoms with Gasteiger partial charge in [-0.3, -0.25) is 0 Å². The molecule has 4 fully saturated rings. The first-order valence-corrected chi connectivity index (χ1v) is 10.3. The average molecular weight is 350 g/mol. The van der Waals surface area contributed by atoms with Crippen LogP contribution in [0.15, 0.2) is 5.16 Å². The van der Waals surface area contributed by atoms with Gasteiger partial charge in [0.25, 0.3) is 0 Å². The molecule has 4 saturated carbocycles. The van der Waals surface area contributed by atoms with Crippen molar-refractivity contribution in [3.8, 4) is 0 Å². The summed E-state index contributed by atoms with van der Waals surface area (Å²) in [6, 6.07) is 0. The quantitative estimate of drug-likeness (QED) is 0.589. The number of rotatable bonds is 2. The van der Waals surface area contributed by atoms with E-state index >= 15 is 0 Å². The van der Waals surface area contributed by atoms with Gasteiger partial charge in [-0.05, 0) is 81.0 Å². The fourth-order valence-corrected chi connectivity index (χ4v) is 7.62. The van der Waals surface area contributed by atoms with Crippen molar-refractivity contribution < 1.29 is 15.1 Å². The van der Waals surface area contributed by atoms with Crippen LogP contribution in [0.5, 0.6) is 0 Å². The Morgan fingerprint density at radius 3 is 2.56 bits per heavy atom. The molecule has 0 aliphatic heterocycles. The second kappa shape index (κ2) is 5.95. The highest BCUT2D eigenvalue weighted by Crippen LogP contribution is 2.68. The predicted octanol–water partition coefficient (Wildman–Crippen LogP) is 3.75. The monoisotopic (exact) mass is 349 g/mol. The van der Waals surface area contributed by atoms with Crippen molar-refractivity contribution in [2.75, 3.05) is 7.11 Å². The third-order valence-electron chi connectivity index (χ3n) is 9.24. The molecule has 4 rings (SSSR count). The fourth-order valence-electron chi connectivity index (χ4n) is 7.62. The molecule has 0 unspecified atom stereocenters. The van der Waals surface area contributed by atoms with Gasteiger partial charge in [0, 0.05) is 17.5 Å². The lowest BCUT2D eigenvalue weighted by Gasteiger charge is -2.63. The molecule has 2 N–H and O–H groups in total. The maximum Gasteiger partial charge on any atom is 0.106 e. The largest absolute Gasteiger partial charge is 0.399 e. The lowest BCUT2D eigenvalue weighted by molar-refractivity contribution is -0.206. The first-order chi connectivity index (χ1) is 11.8. The van der Waals surface area contributed by atoms with Gasteiger partial charge in [-0.15, -0.1) is 0 Å². The van der Waals surface area contributed by atoms with E-state index < -0.39 is 5.60 Å². The zero-order valence-corrected chi connectivity index (χ0v) is 16.1. The molecule has 142 valence electrons. The van der Waals surface area contributed by atoms with E-state index in [4.69, 9.17) is 4.84 Å². The van der Waals surface area contributed by atoms with Crippen LogP contribution in [0.1, 0.15) is 71.6 Å². The molecule has 0 amide bonds. The summed E-state index contributed by atoms with van der Waals surface area (Å²) in [5, 5.41) is 26.1. The summed E-state index contributed by atoms with van der Waals surface area (Å²) in [6.45, 7) is 4.76. The first-order valence-electron chi connectivity index (χ1n) is 10.3. The van der Waals surface area contributed by atoms with Gasteiger partial charge >= 0.3 is 0 Å². The van der Waals surface area contributed by atoms with Crippen LogP contribution in [0.25, 0.3) is 0 Å². The molecule has 0 saturated heterocycles. The summed E-state index contributed by atoms with van der Waals surface area (Å²) in [5.41, 5.74) is -0.337. The van der Waals surface area contributed by atoms with Crippen LogP contribution in [0.2, 0.25) is 0 Å². The van der Waals surface area contributed by atoms with Crippen molar-refractivity contribution in [2.24, 2.45) is 39.7 Å². The smallest absolute Gasteiger partial charge is 0.106 e. The van der Waals surface area contributed by atoms with Gasteiger partial charge in [-0.2, -0.15) is 0 Å². The van der Waals surface area contributed by atoms with Crippen molar-refractivity contribution >= 4 is 6.21 Å². The summed E-state index contributed by atoms with van der Waals surface area (Å²) in [7, 11) is 1.59. The Balaban J connectivity index is 1.64. The number of aliphatic hydroxyl groups excluding tert-OH is 1. The topological polar surface area (TPSA) is 62.0 Å². The van der Waals surface area contributed by atoms with Crippen molar-refractivity contribution in [3.05, 3.63) is 0 Å². The van der Waals surface area contributed by atoms with Crippen molar-refractivity contribution in [3.63, 3.8) is 0 Å². The van der Waals surface area contributed by atoms with Crippen molar-refractivity contribution in [1.82, 2.24) is 0 Å². The van der Waals surface area contributed by atoms with Crippen LogP contribution in [0, 0.1) is 34.5 Å². The van der Waals surface area contributed by atoms with Crippen LogP contribution in [-0.4, -0.2) is 35.2 Å². The minimum atomic E-state index is -0.565. The maximum atomic E-state index is 11.9. The van der Waals surface area contributed by atoms with E-state index in [1.54, 1.807) is 7.11 Å². The molecule has 0 aromatic rings.